The van der Waals surface area contributed by atoms with Crippen molar-refractivity contribution in [3.8, 4) is 16.2 Å². The number of hydrogen-bond acceptors (Lipinski definition) is 4. The van der Waals surface area contributed by atoms with E-state index in [2.05, 4.69) is 24.0 Å². The van der Waals surface area contributed by atoms with Gasteiger partial charge in [-0.05, 0) is 86.7 Å². The summed E-state index contributed by atoms with van der Waals surface area (Å²) in [6.45, 7) is 7.42. The van der Waals surface area contributed by atoms with Crippen molar-refractivity contribution in [2.75, 3.05) is 13.2 Å². The van der Waals surface area contributed by atoms with E-state index in [1.54, 1.807) is 11.3 Å². The molecule has 1 saturated heterocycles. The highest BCUT2D eigenvalue weighted by molar-refractivity contribution is 7.17. The van der Waals surface area contributed by atoms with Crippen LogP contribution in [-0.2, 0) is 0 Å². The SMILES string of the molecule is C/C=C/[C@@H]1C[C@@H](N(CCC)C(=O)c2ccc(-c3ccc(OCC)cc3)s2)C[C@H]2c3ccccc3C(=O)N12. The molecule has 2 amide bonds. The minimum Gasteiger partial charge on any atom is -0.494 e. The van der Waals surface area contributed by atoms with Crippen LogP contribution in [0.3, 0.4) is 0 Å². The van der Waals surface area contributed by atoms with E-state index in [9.17, 15) is 9.59 Å². The van der Waals surface area contributed by atoms with Crippen LogP contribution >= 0.6 is 11.3 Å². The summed E-state index contributed by atoms with van der Waals surface area (Å²) in [4.78, 5) is 33.1. The Bertz CT molecular complexity index is 1300. The molecular formula is C31H34N2O3S. The van der Waals surface area contributed by atoms with Gasteiger partial charge in [0.25, 0.3) is 11.8 Å². The number of piperidine rings is 1. The number of rotatable bonds is 8. The number of nitrogens with zero attached hydrogens (tertiary/aromatic N) is 2. The summed E-state index contributed by atoms with van der Waals surface area (Å²) in [5.41, 5.74) is 2.97. The summed E-state index contributed by atoms with van der Waals surface area (Å²) in [6.07, 6.45) is 6.54. The predicted molar refractivity (Wildman–Crippen MR) is 149 cm³/mol. The monoisotopic (exact) mass is 514 g/mol. The Balaban J connectivity index is 1.41. The third-order valence-corrected chi connectivity index (χ3v) is 8.46. The third kappa shape index (κ3) is 4.82. The summed E-state index contributed by atoms with van der Waals surface area (Å²) in [5, 5.41) is 0. The van der Waals surface area contributed by atoms with Crippen molar-refractivity contribution in [1.29, 1.82) is 0 Å². The van der Waals surface area contributed by atoms with Crippen LogP contribution in [0.5, 0.6) is 5.75 Å². The Morgan fingerprint density at radius 1 is 1.08 bits per heavy atom. The topological polar surface area (TPSA) is 49.9 Å². The molecule has 0 aliphatic carbocycles. The smallest absolute Gasteiger partial charge is 0.264 e. The molecule has 5 nitrogen and oxygen atoms in total. The molecule has 3 heterocycles. The van der Waals surface area contributed by atoms with Gasteiger partial charge < -0.3 is 14.5 Å². The van der Waals surface area contributed by atoms with Crippen LogP contribution < -0.4 is 4.74 Å². The first-order valence-electron chi connectivity index (χ1n) is 13.2. The van der Waals surface area contributed by atoms with Gasteiger partial charge in [0.2, 0.25) is 0 Å². The number of allylic oxidation sites excluding steroid dienone is 1. The lowest BCUT2D eigenvalue weighted by Gasteiger charge is -2.44. The molecule has 5 rings (SSSR count). The summed E-state index contributed by atoms with van der Waals surface area (Å²) in [5.74, 6) is 1.04. The van der Waals surface area contributed by atoms with Gasteiger partial charge >= 0.3 is 0 Å². The van der Waals surface area contributed by atoms with Crippen molar-refractivity contribution in [3.05, 3.63) is 88.8 Å². The molecule has 1 aromatic heterocycles. The van der Waals surface area contributed by atoms with Gasteiger partial charge in [0, 0.05) is 23.0 Å². The number of fused-ring (bicyclic) bond motifs is 3. The largest absolute Gasteiger partial charge is 0.494 e. The van der Waals surface area contributed by atoms with Gasteiger partial charge in [0.1, 0.15) is 5.75 Å². The van der Waals surface area contributed by atoms with Crippen LogP contribution in [0.15, 0.2) is 72.8 Å². The molecule has 0 spiro atoms. The fourth-order valence-corrected chi connectivity index (χ4v) is 6.72. The fourth-order valence-electron chi connectivity index (χ4n) is 5.75. The van der Waals surface area contributed by atoms with Crippen LogP contribution in [0.4, 0.5) is 0 Å². The molecule has 0 N–H and O–H groups in total. The second-order valence-electron chi connectivity index (χ2n) is 9.65. The van der Waals surface area contributed by atoms with Gasteiger partial charge in [-0.3, -0.25) is 9.59 Å². The highest BCUT2D eigenvalue weighted by atomic mass is 32.1. The molecule has 2 aliphatic rings. The zero-order valence-electron chi connectivity index (χ0n) is 21.7. The number of carbonyl (C=O) groups is 2. The van der Waals surface area contributed by atoms with Crippen LogP contribution in [0.2, 0.25) is 0 Å². The number of amides is 2. The number of benzene rings is 2. The quantitative estimate of drug-likeness (QED) is 0.305. The summed E-state index contributed by atoms with van der Waals surface area (Å²) < 4.78 is 5.56. The molecule has 6 heteroatoms. The molecule has 0 bridgehead atoms. The van der Waals surface area contributed by atoms with Gasteiger partial charge in [-0.25, -0.2) is 0 Å². The lowest BCUT2D eigenvalue weighted by Crippen LogP contribution is -2.52. The maximum atomic E-state index is 13.9. The normalized spacial score (nSPS) is 20.7. The maximum absolute atomic E-state index is 13.9. The molecule has 2 aromatic carbocycles. The van der Waals surface area contributed by atoms with E-state index < -0.39 is 0 Å². The zero-order chi connectivity index (χ0) is 25.9. The van der Waals surface area contributed by atoms with E-state index >= 15 is 0 Å². The average molecular weight is 515 g/mol. The fraction of sp³-hybridized carbons (Fsp3) is 0.355. The molecule has 0 saturated carbocycles. The summed E-state index contributed by atoms with van der Waals surface area (Å²) in [6, 6.07) is 20.0. The van der Waals surface area contributed by atoms with Gasteiger partial charge in [0.05, 0.1) is 23.6 Å². The van der Waals surface area contributed by atoms with Gasteiger partial charge in [-0.1, -0.05) is 37.3 Å². The average Bonchev–Trinajstić information content (AvgIpc) is 3.52. The molecule has 1 fully saturated rings. The third-order valence-electron chi connectivity index (χ3n) is 7.33. The Morgan fingerprint density at radius 2 is 1.86 bits per heavy atom. The molecule has 0 radical (unpaired) electrons. The molecule has 3 aromatic rings. The van der Waals surface area contributed by atoms with Crippen molar-refractivity contribution in [2.45, 2.75) is 58.2 Å². The van der Waals surface area contributed by atoms with Crippen molar-refractivity contribution in [2.24, 2.45) is 0 Å². The first-order chi connectivity index (χ1) is 18.0. The molecule has 192 valence electrons. The maximum Gasteiger partial charge on any atom is 0.264 e. The first-order valence-corrected chi connectivity index (χ1v) is 14.1. The van der Waals surface area contributed by atoms with Gasteiger partial charge in [-0.15, -0.1) is 11.3 Å². The van der Waals surface area contributed by atoms with Crippen LogP contribution in [0.25, 0.3) is 10.4 Å². The minimum absolute atomic E-state index is 0.00134. The van der Waals surface area contributed by atoms with Crippen molar-refractivity contribution in [1.82, 2.24) is 9.80 Å². The van der Waals surface area contributed by atoms with E-state index in [1.165, 1.54) is 0 Å². The molecule has 2 aliphatic heterocycles. The Labute approximate surface area is 223 Å². The second kappa shape index (κ2) is 10.9. The predicted octanol–water partition coefficient (Wildman–Crippen LogP) is 6.97. The number of carbonyl (C=O) groups excluding carboxylic acids is 2. The Kier molecular flexibility index (Phi) is 7.47. The van der Waals surface area contributed by atoms with Crippen molar-refractivity contribution in [3.63, 3.8) is 0 Å². The Hall–Kier alpha value is -3.38. The number of ether oxygens (including phenoxy) is 1. The lowest BCUT2D eigenvalue weighted by atomic mass is 9.88. The van der Waals surface area contributed by atoms with Crippen LogP contribution in [-0.4, -0.2) is 46.8 Å². The Morgan fingerprint density at radius 3 is 2.59 bits per heavy atom. The number of thiophene rings is 1. The standard InChI is InChI=1S/C31H34N2O3S/c1-4-9-22-19-23(20-27-25-10-7-8-11-26(25)30(34)33(22)27)32(18-5-2)31(35)29-17-16-28(37-29)21-12-14-24(15-13-21)36-6-3/h4,7-17,22-23,27H,5-6,18-20H2,1-3H3/b9-4+/t22-,23-,27+/m1/s1. The van der Waals surface area contributed by atoms with E-state index in [4.69, 9.17) is 4.74 Å². The second-order valence-corrected chi connectivity index (χ2v) is 10.7. The molecule has 3 atom stereocenters. The van der Waals surface area contributed by atoms with Crippen LogP contribution in [0, 0.1) is 0 Å². The molecule has 37 heavy (non-hydrogen) atoms. The van der Waals surface area contributed by atoms with Crippen LogP contribution in [0.1, 0.15) is 71.7 Å². The number of hydrogen-bond donors (Lipinski definition) is 0. The summed E-state index contributed by atoms with van der Waals surface area (Å²) >= 11 is 1.54. The summed E-state index contributed by atoms with van der Waals surface area (Å²) in [7, 11) is 0. The first kappa shape index (κ1) is 25.3. The van der Waals surface area contributed by atoms with Gasteiger partial charge in [-0.2, -0.15) is 0 Å². The molecular weight excluding hydrogens is 480 g/mol. The van der Waals surface area contributed by atoms with E-state index in [0.717, 1.165) is 51.5 Å². The molecule has 0 unspecified atom stereocenters. The van der Waals surface area contributed by atoms with E-state index in [-0.39, 0.29) is 29.9 Å². The van der Waals surface area contributed by atoms with E-state index in [0.29, 0.717) is 13.2 Å². The highest BCUT2D eigenvalue weighted by Gasteiger charge is 2.46. The zero-order valence-corrected chi connectivity index (χ0v) is 22.5. The highest BCUT2D eigenvalue weighted by Crippen LogP contribution is 2.44. The van der Waals surface area contributed by atoms with Gasteiger partial charge in [0.15, 0.2) is 0 Å². The minimum atomic E-state index is -0.0245. The van der Waals surface area contributed by atoms with Crippen molar-refractivity contribution >= 4 is 23.2 Å². The van der Waals surface area contributed by atoms with E-state index in [1.807, 2.05) is 79.4 Å². The lowest BCUT2D eigenvalue weighted by molar-refractivity contribution is 0.0327. The van der Waals surface area contributed by atoms with Crippen molar-refractivity contribution < 1.29 is 14.3 Å².